The van der Waals surface area contributed by atoms with Gasteiger partial charge in [-0.1, -0.05) is 18.2 Å². The standard InChI is InChI=1S/C12H17F2NO2/c13-12(14)11-3-1-2-10(8-11)9-15-4-6-17-7-5-16/h1-3,8,12,15-16H,4-7,9H2. The van der Waals surface area contributed by atoms with Crippen molar-refractivity contribution in [3.8, 4) is 0 Å². The van der Waals surface area contributed by atoms with E-state index in [0.29, 0.717) is 26.3 Å². The Hall–Kier alpha value is -1.04. The number of alkyl halides is 2. The van der Waals surface area contributed by atoms with Crippen molar-refractivity contribution < 1.29 is 18.6 Å². The van der Waals surface area contributed by atoms with Gasteiger partial charge in [0.05, 0.1) is 19.8 Å². The van der Waals surface area contributed by atoms with Gasteiger partial charge in [0.2, 0.25) is 0 Å². The minimum Gasteiger partial charge on any atom is -0.394 e. The van der Waals surface area contributed by atoms with Crippen LogP contribution in [0.25, 0.3) is 0 Å². The van der Waals surface area contributed by atoms with Crippen LogP contribution in [0.2, 0.25) is 0 Å². The molecule has 0 spiro atoms. The largest absolute Gasteiger partial charge is 0.394 e. The summed E-state index contributed by atoms with van der Waals surface area (Å²) in [6.07, 6.45) is -2.43. The molecule has 0 aliphatic carbocycles. The first-order chi connectivity index (χ1) is 8.24. The van der Waals surface area contributed by atoms with Gasteiger partial charge in [0.15, 0.2) is 0 Å². The summed E-state index contributed by atoms with van der Waals surface area (Å²) >= 11 is 0. The number of nitrogens with one attached hydrogen (secondary N) is 1. The van der Waals surface area contributed by atoms with Gasteiger partial charge in [-0.3, -0.25) is 0 Å². The van der Waals surface area contributed by atoms with Crippen LogP contribution in [0.15, 0.2) is 24.3 Å². The number of aliphatic hydroxyl groups excluding tert-OH is 1. The van der Waals surface area contributed by atoms with E-state index in [4.69, 9.17) is 9.84 Å². The second-order valence-electron chi connectivity index (χ2n) is 3.56. The molecular formula is C12H17F2NO2. The van der Waals surface area contributed by atoms with Crippen LogP contribution in [0.3, 0.4) is 0 Å². The average Bonchev–Trinajstić information content (AvgIpc) is 2.34. The van der Waals surface area contributed by atoms with Gasteiger partial charge in [-0.2, -0.15) is 0 Å². The van der Waals surface area contributed by atoms with Crippen LogP contribution in [0, 0.1) is 0 Å². The maximum absolute atomic E-state index is 12.4. The highest BCUT2D eigenvalue weighted by atomic mass is 19.3. The van der Waals surface area contributed by atoms with E-state index in [1.807, 2.05) is 0 Å². The molecule has 2 N–H and O–H groups in total. The zero-order valence-electron chi connectivity index (χ0n) is 9.53. The van der Waals surface area contributed by atoms with Crippen molar-refractivity contribution in [3.63, 3.8) is 0 Å². The third-order valence-corrected chi connectivity index (χ3v) is 2.19. The zero-order chi connectivity index (χ0) is 12.5. The average molecular weight is 245 g/mol. The van der Waals surface area contributed by atoms with E-state index in [9.17, 15) is 8.78 Å². The Morgan fingerprint density at radius 3 is 2.82 bits per heavy atom. The summed E-state index contributed by atoms with van der Waals surface area (Å²) in [5, 5.41) is 11.5. The predicted molar refractivity (Wildman–Crippen MR) is 61.0 cm³/mol. The molecule has 0 saturated heterocycles. The van der Waals surface area contributed by atoms with Gasteiger partial charge in [-0.25, -0.2) is 8.78 Å². The molecule has 1 aromatic rings. The van der Waals surface area contributed by atoms with Crippen molar-refractivity contribution in [1.29, 1.82) is 0 Å². The zero-order valence-corrected chi connectivity index (χ0v) is 9.53. The maximum Gasteiger partial charge on any atom is 0.263 e. The number of aliphatic hydroxyl groups is 1. The summed E-state index contributed by atoms with van der Waals surface area (Å²) in [5.41, 5.74) is 0.866. The van der Waals surface area contributed by atoms with Crippen molar-refractivity contribution in [2.45, 2.75) is 13.0 Å². The Morgan fingerprint density at radius 2 is 2.12 bits per heavy atom. The van der Waals surface area contributed by atoms with Crippen LogP contribution in [-0.2, 0) is 11.3 Å². The molecule has 0 amide bonds. The van der Waals surface area contributed by atoms with Gasteiger partial charge in [0.1, 0.15) is 0 Å². The Labute approximate surface area is 99.4 Å². The van der Waals surface area contributed by atoms with E-state index >= 15 is 0 Å². The molecule has 17 heavy (non-hydrogen) atoms. The molecule has 0 aliphatic heterocycles. The molecule has 1 aromatic carbocycles. The normalized spacial score (nSPS) is 11.1. The fourth-order valence-corrected chi connectivity index (χ4v) is 1.38. The lowest BCUT2D eigenvalue weighted by Gasteiger charge is -2.07. The second-order valence-corrected chi connectivity index (χ2v) is 3.56. The first-order valence-corrected chi connectivity index (χ1v) is 5.50. The first-order valence-electron chi connectivity index (χ1n) is 5.50. The minimum atomic E-state index is -2.43. The lowest BCUT2D eigenvalue weighted by molar-refractivity contribution is 0.0938. The molecule has 0 unspecified atom stereocenters. The molecule has 0 fully saturated rings. The maximum atomic E-state index is 12.4. The van der Waals surface area contributed by atoms with Crippen LogP contribution >= 0.6 is 0 Å². The highest BCUT2D eigenvalue weighted by Crippen LogP contribution is 2.19. The van der Waals surface area contributed by atoms with Crippen molar-refractivity contribution in [3.05, 3.63) is 35.4 Å². The number of halogens is 2. The molecule has 0 atom stereocenters. The highest BCUT2D eigenvalue weighted by molar-refractivity contribution is 5.24. The van der Waals surface area contributed by atoms with E-state index < -0.39 is 6.43 Å². The van der Waals surface area contributed by atoms with Crippen LogP contribution in [0.5, 0.6) is 0 Å². The van der Waals surface area contributed by atoms with Gasteiger partial charge in [-0.15, -0.1) is 0 Å². The summed E-state index contributed by atoms with van der Waals surface area (Å²) in [7, 11) is 0. The van der Waals surface area contributed by atoms with Gasteiger partial charge in [0.25, 0.3) is 6.43 Å². The number of hydrogen-bond donors (Lipinski definition) is 2. The van der Waals surface area contributed by atoms with Crippen molar-refractivity contribution in [2.24, 2.45) is 0 Å². The number of hydrogen-bond acceptors (Lipinski definition) is 3. The van der Waals surface area contributed by atoms with Crippen molar-refractivity contribution in [1.82, 2.24) is 5.32 Å². The molecular weight excluding hydrogens is 228 g/mol. The van der Waals surface area contributed by atoms with E-state index in [2.05, 4.69) is 5.32 Å². The highest BCUT2D eigenvalue weighted by Gasteiger charge is 2.06. The quantitative estimate of drug-likeness (QED) is 0.685. The molecule has 0 radical (unpaired) electrons. The Bertz CT molecular complexity index is 321. The monoisotopic (exact) mass is 245 g/mol. The third kappa shape index (κ3) is 5.72. The van der Waals surface area contributed by atoms with E-state index in [1.165, 1.54) is 12.1 Å². The van der Waals surface area contributed by atoms with Crippen molar-refractivity contribution in [2.75, 3.05) is 26.4 Å². The van der Waals surface area contributed by atoms with Gasteiger partial charge in [0, 0.05) is 18.7 Å². The first kappa shape index (κ1) is 14.0. The van der Waals surface area contributed by atoms with E-state index in [0.717, 1.165) is 5.56 Å². The molecule has 0 heterocycles. The third-order valence-electron chi connectivity index (χ3n) is 2.19. The van der Waals surface area contributed by atoms with Crippen LogP contribution in [0.4, 0.5) is 8.78 Å². The molecule has 0 aliphatic rings. The smallest absolute Gasteiger partial charge is 0.263 e. The van der Waals surface area contributed by atoms with E-state index in [1.54, 1.807) is 12.1 Å². The van der Waals surface area contributed by atoms with Gasteiger partial charge in [-0.05, 0) is 11.6 Å². The number of ether oxygens (including phenoxy) is 1. The number of rotatable bonds is 8. The summed E-state index contributed by atoms with van der Waals surface area (Å²) in [6, 6.07) is 6.33. The van der Waals surface area contributed by atoms with Crippen LogP contribution < -0.4 is 5.32 Å². The Balaban J connectivity index is 2.24. The molecule has 0 saturated carbocycles. The SMILES string of the molecule is OCCOCCNCc1cccc(C(F)F)c1. The van der Waals surface area contributed by atoms with E-state index in [-0.39, 0.29) is 12.2 Å². The molecule has 0 bridgehead atoms. The topological polar surface area (TPSA) is 41.5 Å². The molecule has 0 aromatic heterocycles. The van der Waals surface area contributed by atoms with Gasteiger partial charge < -0.3 is 15.2 Å². The lowest BCUT2D eigenvalue weighted by Crippen LogP contribution is -2.20. The van der Waals surface area contributed by atoms with Crippen LogP contribution in [-0.4, -0.2) is 31.5 Å². The Kier molecular flexibility index (Phi) is 6.69. The summed E-state index contributed by atoms with van der Waals surface area (Å²) in [6.45, 7) is 1.98. The second kappa shape index (κ2) is 8.11. The minimum absolute atomic E-state index is 0.0104. The predicted octanol–water partition coefficient (Wildman–Crippen LogP) is 1.72. The van der Waals surface area contributed by atoms with Crippen LogP contribution in [0.1, 0.15) is 17.6 Å². The van der Waals surface area contributed by atoms with Gasteiger partial charge >= 0.3 is 0 Å². The summed E-state index contributed by atoms with van der Waals surface area (Å²) < 4.78 is 29.9. The lowest BCUT2D eigenvalue weighted by atomic mass is 10.1. The molecule has 3 nitrogen and oxygen atoms in total. The Morgan fingerprint density at radius 1 is 1.29 bits per heavy atom. The number of benzene rings is 1. The van der Waals surface area contributed by atoms with Crippen molar-refractivity contribution >= 4 is 0 Å². The summed E-state index contributed by atoms with van der Waals surface area (Å²) in [4.78, 5) is 0. The molecule has 5 heteroatoms. The molecule has 1 rings (SSSR count). The molecule has 96 valence electrons. The fourth-order valence-electron chi connectivity index (χ4n) is 1.38. The fraction of sp³-hybridized carbons (Fsp3) is 0.500. The summed E-state index contributed by atoms with van der Waals surface area (Å²) in [5.74, 6) is 0.